The molecule has 1 saturated heterocycles. The molecular formula is C15H22N2O3S. The summed E-state index contributed by atoms with van der Waals surface area (Å²) in [7, 11) is 0. The second-order valence-corrected chi connectivity index (χ2v) is 7.33. The second-order valence-electron chi connectivity index (χ2n) is 6.24. The van der Waals surface area contributed by atoms with Crippen molar-refractivity contribution in [3.63, 3.8) is 0 Å². The molecule has 0 saturated carbocycles. The zero-order chi connectivity index (χ0) is 15.6. The van der Waals surface area contributed by atoms with Crippen molar-refractivity contribution in [2.75, 3.05) is 32.8 Å². The van der Waals surface area contributed by atoms with Crippen LogP contribution in [0.5, 0.6) is 0 Å². The molecular weight excluding hydrogens is 288 g/mol. The molecule has 2 heterocycles. The fourth-order valence-corrected chi connectivity index (χ4v) is 3.30. The summed E-state index contributed by atoms with van der Waals surface area (Å²) < 4.78 is 0. The lowest BCUT2D eigenvalue weighted by molar-refractivity contribution is -0.135. The minimum Gasteiger partial charge on any atom is -0.387 e. The molecule has 1 N–H and O–H groups in total. The highest BCUT2D eigenvalue weighted by Gasteiger charge is 2.26. The molecule has 1 fully saturated rings. The first-order valence-electron chi connectivity index (χ1n) is 7.11. The highest BCUT2D eigenvalue weighted by atomic mass is 32.1. The van der Waals surface area contributed by atoms with Crippen LogP contribution in [-0.2, 0) is 10.2 Å². The molecule has 0 radical (unpaired) electrons. The van der Waals surface area contributed by atoms with Crippen LogP contribution in [0.3, 0.4) is 0 Å². The SMILES string of the molecule is CC(C)(C)c1ccc(C(=O)N2CCN(C(=O)CO)CC2)s1. The van der Waals surface area contributed by atoms with E-state index in [0.717, 1.165) is 4.88 Å². The van der Waals surface area contributed by atoms with Gasteiger partial charge in [0.15, 0.2) is 0 Å². The summed E-state index contributed by atoms with van der Waals surface area (Å²) in [4.78, 5) is 29.2. The van der Waals surface area contributed by atoms with Crippen LogP contribution in [0.4, 0.5) is 0 Å². The zero-order valence-corrected chi connectivity index (χ0v) is 13.6. The van der Waals surface area contributed by atoms with Gasteiger partial charge in [-0.1, -0.05) is 20.8 Å². The van der Waals surface area contributed by atoms with Crippen molar-refractivity contribution >= 4 is 23.2 Å². The van der Waals surface area contributed by atoms with Gasteiger partial charge in [-0.15, -0.1) is 11.3 Å². The summed E-state index contributed by atoms with van der Waals surface area (Å²) in [5.41, 5.74) is 0.0510. The Bertz CT molecular complexity index is 525. The number of hydrogen-bond donors (Lipinski definition) is 1. The van der Waals surface area contributed by atoms with Crippen LogP contribution in [-0.4, -0.2) is 59.5 Å². The maximum atomic E-state index is 12.5. The van der Waals surface area contributed by atoms with Crippen molar-refractivity contribution in [1.29, 1.82) is 0 Å². The first-order chi connectivity index (χ1) is 9.82. The van der Waals surface area contributed by atoms with Crippen molar-refractivity contribution in [1.82, 2.24) is 9.80 Å². The van der Waals surface area contributed by atoms with Crippen LogP contribution in [0, 0.1) is 0 Å². The fourth-order valence-electron chi connectivity index (χ4n) is 2.27. The number of piperazine rings is 1. The van der Waals surface area contributed by atoms with Gasteiger partial charge >= 0.3 is 0 Å². The Hall–Kier alpha value is -1.40. The van der Waals surface area contributed by atoms with Gasteiger partial charge in [0.05, 0.1) is 4.88 Å². The van der Waals surface area contributed by atoms with Gasteiger partial charge in [0.25, 0.3) is 5.91 Å². The highest BCUT2D eigenvalue weighted by molar-refractivity contribution is 7.14. The highest BCUT2D eigenvalue weighted by Crippen LogP contribution is 2.30. The first-order valence-corrected chi connectivity index (χ1v) is 7.93. The molecule has 0 atom stereocenters. The van der Waals surface area contributed by atoms with Gasteiger partial charge in [0, 0.05) is 31.1 Å². The van der Waals surface area contributed by atoms with Crippen LogP contribution < -0.4 is 0 Å². The van der Waals surface area contributed by atoms with Crippen LogP contribution in [0.25, 0.3) is 0 Å². The molecule has 21 heavy (non-hydrogen) atoms. The van der Waals surface area contributed by atoms with Crippen molar-refractivity contribution in [3.05, 3.63) is 21.9 Å². The molecule has 2 amide bonds. The van der Waals surface area contributed by atoms with Crippen LogP contribution >= 0.6 is 11.3 Å². The first kappa shape index (κ1) is 16.0. The van der Waals surface area contributed by atoms with Crippen LogP contribution in [0.1, 0.15) is 35.3 Å². The number of nitrogens with zero attached hydrogens (tertiary/aromatic N) is 2. The zero-order valence-electron chi connectivity index (χ0n) is 12.8. The monoisotopic (exact) mass is 310 g/mol. The Labute approximate surface area is 129 Å². The van der Waals surface area contributed by atoms with E-state index in [2.05, 4.69) is 20.8 Å². The van der Waals surface area contributed by atoms with E-state index >= 15 is 0 Å². The Kier molecular flexibility index (Phi) is 4.68. The standard InChI is InChI=1S/C15H22N2O3S/c1-15(2,3)12-5-4-11(21-12)14(20)17-8-6-16(7-9-17)13(19)10-18/h4-5,18H,6-10H2,1-3H3. The van der Waals surface area contributed by atoms with E-state index in [1.54, 1.807) is 21.1 Å². The van der Waals surface area contributed by atoms with Gasteiger partial charge in [-0.2, -0.15) is 0 Å². The average Bonchev–Trinajstić information content (AvgIpc) is 2.95. The van der Waals surface area contributed by atoms with Crippen LogP contribution in [0.15, 0.2) is 12.1 Å². The van der Waals surface area contributed by atoms with Crippen molar-refractivity contribution in [2.45, 2.75) is 26.2 Å². The largest absolute Gasteiger partial charge is 0.387 e. The predicted octanol–water partition coefficient (Wildman–Crippen LogP) is 1.32. The second kappa shape index (κ2) is 6.15. The molecule has 5 nitrogen and oxygen atoms in total. The van der Waals surface area contributed by atoms with E-state index in [1.807, 2.05) is 12.1 Å². The van der Waals surface area contributed by atoms with E-state index in [0.29, 0.717) is 26.2 Å². The third-order valence-electron chi connectivity index (χ3n) is 3.61. The van der Waals surface area contributed by atoms with Crippen molar-refractivity contribution < 1.29 is 14.7 Å². The van der Waals surface area contributed by atoms with Crippen molar-refractivity contribution in [2.24, 2.45) is 0 Å². The third kappa shape index (κ3) is 3.63. The molecule has 0 unspecified atom stereocenters. The quantitative estimate of drug-likeness (QED) is 0.896. The molecule has 6 heteroatoms. The van der Waals surface area contributed by atoms with Gasteiger partial charge in [-0.25, -0.2) is 0 Å². The van der Waals surface area contributed by atoms with Gasteiger partial charge < -0.3 is 14.9 Å². The molecule has 1 aliphatic heterocycles. The number of thiophene rings is 1. The Balaban J connectivity index is 1.99. The fraction of sp³-hybridized carbons (Fsp3) is 0.600. The topological polar surface area (TPSA) is 60.9 Å². The Morgan fingerprint density at radius 1 is 1.14 bits per heavy atom. The molecule has 2 rings (SSSR count). The van der Waals surface area contributed by atoms with E-state index in [9.17, 15) is 9.59 Å². The van der Waals surface area contributed by atoms with E-state index in [1.165, 1.54) is 4.88 Å². The summed E-state index contributed by atoms with van der Waals surface area (Å²) in [5, 5.41) is 8.85. The summed E-state index contributed by atoms with van der Waals surface area (Å²) in [6.07, 6.45) is 0. The maximum Gasteiger partial charge on any atom is 0.264 e. The molecule has 0 aliphatic carbocycles. The number of amides is 2. The van der Waals surface area contributed by atoms with Gasteiger partial charge in [0.2, 0.25) is 5.91 Å². The average molecular weight is 310 g/mol. The minimum atomic E-state index is -0.464. The molecule has 1 aliphatic rings. The molecule has 0 spiro atoms. The predicted molar refractivity (Wildman–Crippen MR) is 82.6 cm³/mol. The summed E-state index contributed by atoms with van der Waals surface area (Å²) in [5.74, 6) is -0.236. The van der Waals surface area contributed by atoms with E-state index in [4.69, 9.17) is 5.11 Å². The third-order valence-corrected chi connectivity index (χ3v) is 5.11. The number of carbonyl (C=O) groups is 2. The normalized spacial score (nSPS) is 16.2. The summed E-state index contributed by atoms with van der Waals surface area (Å²) in [6.45, 7) is 7.95. The Morgan fingerprint density at radius 2 is 1.71 bits per heavy atom. The number of hydrogen-bond acceptors (Lipinski definition) is 4. The molecule has 116 valence electrons. The van der Waals surface area contributed by atoms with Gasteiger partial charge in [0.1, 0.15) is 6.61 Å². The van der Waals surface area contributed by atoms with E-state index in [-0.39, 0.29) is 17.2 Å². The lowest BCUT2D eigenvalue weighted by atomic mass is 9.95. The number of aliphatic hydroxyl groups excluding tert-OH is 1. The number of aliphatic hydroxyl groups is 1. The smallest absolute Gasteiger partial charge is 0.264 e. The van der Waals surface area contributed by atoms with Gasteiger partial charge in [-0.3, -0.25) is 9.59 Å². The molecule has 0 bridgehead atoms. The molecule has 1 aromatic rings. The summed E-state index contributed by atoms with van der Waals surface area (Å²) in [6, 6.07) is 3.91. The number of carbonyl (C=O) groups excluding carboxylic acids is 2. The molecule has 1 aromatic heterocycles. The van der Waals surface area contributed by atoms with Gasteiger partial charge in [-0.05, 0) is 17.5 Å². The maximum absolute atomic E-state index is 12.5. The molecule has 0 aromatic carbocycles. The number of rotatable bonds is 2. The van der Waals surface area contributed by atoms with Crippen LogP contribution in [0.2, 0.25) is 0 Å². The lowest BCUT2D eigenvalue weighted by Gasteiger charge is -2.34. The minimum absolute atomic E-state index is 0.0339. The Morgan fingerprint density at radius 3 is 2.19 bits per heavy atom. The summed E-state index contributed by atoms with van der Waals surface area (Å²) >= 11 is 1.54. The van der Waals surface area contributed by atoms with Crippen molar-refractivity contribution in [3.8, 4) is 0 Å². The lowest BCUT2D eigenvalue weighted by Crippen LogP contribution is -2.51. The van der Waals surface area contributed by atoms with E-state index < -0.39 is 6.61 Å².